The second-order valence-electron chi connectivity index (χ2n) is 14.1. The van der Waals surface area contributed by atoms with Crippen LogP contribution in [0, 0.1) is 14.9 Å². The number of benzene rings is 4. The molecule has 9 nitrogen and oxygen atoms in total. The van der Waals surface area contributed by atoms with Gasteiger partial charge in [0, 0.05) is 27.0 Å². The van der Waals surface area contributed by atoms with E-state index in [-0.39, 0.29) is 33.7 Å². The molecule has 0 radical (unpaired) electrons. The number of halogens is 1. The summed E-state index contributed by atoms with van der Waals surface area (Å²) >= 11 is 2.20. The van der Waals surface area contributed by atoms with E-state index < -0.39 is 18.0 Å². The number of nitrogens with zero attached hydrogens (tertiary/aromatic N) is 1. The highest BCUT2D eigenvalue weighted by atomic mass is 127. The minimum absolute atomic E-state index is 0.0170. The van der Waals surface area contributed by atoms with Gasteiger partial charge in [0.15, 0.2) is 11.9 Å². The SMILES string of the molecule is CCCCC(Oc1ccc(C(C)(C)CC)cc1C(C)(C)CC)C(=O)Nc1cc(O)c(NC(=O)Nc2ccc(C#N)cc2)cc1Oc1ccc(I)cc1. The summed E-state index contributed by atoms with van der Waals surface area (Å²) in [5.74, 6) is 0.694. The number of phenolic OH excluding ortho intramolecular Hbond substituents is 1. The Morgan fingerprint density at radius 2 is 1.50 bits per heavy atom. The largest absolute Gasteiger partial charge is 0.506 e. The lowest BCUT2D eigenvalue weighted by Crippen LogP contribution is -2.34. The topological polar surface area (TPSA) is 133 Å². The van der Waals surface area contributed by atoms with Crippen LogP contribution in [0.3, 0.4) is 0 Å². The van der Waals surface area contributed by atoms with Crippen LogP contribution in [0.1, 0.15) is 97.3 Å². The molecule has 4 N–H and O–H groups in total. The van der Waals surface area contributed by atoms with E-state index in [1.54, 1.807) is 36.4 Å². The number of carbonyl (C=O) groups excluding carboxylic acids is 2. The average Bonchev–Trinajstić information content (AvgIpc) is 3.12. The number of ether oxygens (including phenoxy) is 2. The monoisotopic (exact) mass is 816 g/mol. The maximum Gasteiger partial charge on any atom is 0.323 e. The molecule has 10 heteroatoms. The van der Waals surface area contributed by atoms with Crippen molar-refractivity contribution in [3.8, 4) is 29.1 Å². The summed E-state index contributed by atoms with van der Waals surface area (Å²) in [7, 11) is 0. The van der Waals surface area contributed by atoms with Crippen molar-refractivity contribution >= 4 is 51.6 Å². The highest BCUT2D eigenvalue weighted by molar-refractivity contribution is 14.1. The summed E-state index contributed by atoms with van der Waals surface area (Å²) in [6, 6.07) is 24.3. The number of aromatic hydroxyl groups is 1. The number of nitrogens with one attached hydrogen (secondary N) is 3. The highest BCUT2D eigenvalue weighted by Gasteiger charge is 2.30. The molecule has 4 rings (SSSR count). The molecule has 0 aliphatic heterocycles. The molecule has 1 atom stereocenters. The van der Waals surface area contributed by atoms with Gasteiger partial charge in [-0.25, -0.2) is 4.79 Å². The summed E-state index contributed by atoms with van der Waals surface area (Å²) in [6.45, 7) is 15.2. The second kappa shape index (κ2) is 17.6. The van der Waals surface area contributed by atoms with E-state index >= 15 is 0 Å². The quantitative estimate of drug-likeness (QED) is 0.0697. The molecule has 0 bridgehead atoms. The van der Waals surface area contributed by atoms with Gasteiger partial charge < -0.3 is 30.5 Å². The Balaban J connectivity index is 1.67. The standard InChI is InChI=1S/C42H49IN4O5/c1-8-11-12-37(52-36-22-15-28(41(4,5)9-2)23-32(36)42(6,7)10-3)39(49)46-34-24-35(48)33(25-38(34)51-31-20-16-29(43)17-21-31)47-40(50)45-30-18-13-27(26-44)14-19-30/h13-25,37,48H,8-12H2,1-7H3,(H,46,49)(H2,45,47,50). The number of hydrogen-bond acceptors (Lipinski definition) is 6. The van der Waals surface area contributed by atoms with E-state index in [1.165, 1.54) is 17.7 Å². The van der Waals surface area contributed by atoms with Crippen molar-refractivity contribution in [1.29, 1.82) is 5.26 Å². The van der Waals surface area contributed by atoms with Crippen LogP contribution in [0.4, 0.5) is 21.9 Å². The molecule has 0 fully saturated rings. The molecule has 3 amide bonds. The fourth-order valence-electron chi connectivity index (χ4n) is 5.37. The Morgan fingerprint density at radius 3 is 2.12 bits per heavy atom. The lowest BCUT2D eigenvalue weighted by atomic mass is 9.76. The molecule has 0 spiro atoms. The molecule has 0 aliphatic rings. The van der Waals surface area contributed by atoms with E-state index in [2.05, 4.69) is 99.1 Å². The van der Waals surface area contributed by atoms with Crippen molar-refractivity contribution in [3.63, 3.8) is 0 Å². The van der Waals surface area contributed by atoms with E-state index in [4.69, 9.17) is 14.7 Å². The third-order valence-corrected chi connectivity index (χ3v) is 10.3. The maximum absolute atomic E-state index is 14.1. The lowest BCUT2D eigenvalue weighted by molar-refractivity contribution is -0.123. The molecule has 0 aliphatic carbocycles. The van der Waals surface area contributed by atoms with E-state index in [1.807, 2.05) is 24.3 Å². The van der Waals surface area contributed by atoms with Gasteiger partial charge in [0.2, 0.25) is 0 Å². The summed E-state index contributed by atoms with van der Waals surface area (Å²) in [5, 5.41) is 28.4. The first-order valence-corrected chi connectivity index (χ1v) is 18.8. The van der Waals surface area contributed by atoms with Crippen LogP contribution < -0.4 is 25.4 Å². The first kappa shape index (κ1) is 40.0. The number of carbonyl (C=O) groups is 2. The Bertz CT molecular complexity index is 1900. The third kappa shape index (κ3) is 10.4. The van der Waals surface area contributed by atoms with Gasteiger partial charge in [-0.1, -0.05) is 67.0 Å². The molecular formula is C42H49IN4O5. The zero-order valence-electron chi connectivity index (χ0n) is 31.0. The van der Waals surface area contributed by atoms with Crippen LogP contribution in [-0.2, 0) is 15.6 Å². The molecule has 4 aromatic carbocycles. The average molecular weight is 817 g/mol. The van der Waals surface area contributed by atoms with Crippen molar-refractivity contribution < 1.29 is 24.2 Å². The number of phenols is 1. The fourth-order valence-corrected chi connectivity index (χ4v) is 5.73. The summed E-state index contributed by atoms with van der Waals surface area (Å²) in [4.78, 5) is 27.0. The van der Waals surface area contributed by atoms with Gasteiger partial charge in [0.1, 0.15) is 17.2 Å². The third-order valence-electron chi connectivity index (χ3n) is 9.56. The van der Waals surface area contributed by atoms with Crippen LogP contribution in [-0.4, -0.2) is 23.1 Å². The molecule has 4 aromatic rings. The Kier molecular flexibility index (Phi) is 13.6. The first-order chi connectivity index (χ1) is 24.7. The Morgan fingerprint density at radius 1 is 0.827 bits per heavy atom. The molecule has 0 heterocycles. The molecular weight excluding hydrogens is 767 g/mol. The smallest absolute Gasteiger partial charge is 0.323 e. The minimum atomic E-state index is -0.833. The van der Waals surface area contributed by atoms with E-state index in [9.17, 15) is 14.7 Å². The first-order valence-electron chi connectivity index (χ1n) is 17.7. The van der Waals surface area contributed by atoms with Crippen LogP contribution in [0.5, 0.6) is 23.0 Å². The van der Waals surface area contributed by atoms with Crippen molar-refractivity contribution in [1.82, 2.24) is 0 Å². The summed E-state index contributed by atoms with van der Waals surface area (Å²) in [5.41, 5.74) is 3.25. The number of hydrogen-bond donors (Lipinski definition) is 4. The minimum Gasteiger partial charge on any atom is -0.506 e. The van der Waals surface area contributed by atoms with Crippen LogP contribution >= 0.6 is 22.6 Å². The Labute approximate surface area is 321 Å². The number of anilines is 3. The van der Waals surface area contributed by atoms with Crippen LogP contribution in [0.25, 0.3) is 0 Å². The highest BCUT2D eigenvalue weighted by Crippen LogP contribution is 2.41. The molecule has 274 valence electrons. The predicted molar refractivity (Wildman–Crippen MR) is 217 cm³/mol. The fraction of sp³-hybridized carbons (Fsp3) is 0.357. The van der Waals surface area contributed by atoms with E-state index in [0.29, 0.717) is 29.2 Å². The summed E-state index contributed by atoms with van der Waals surface area (Å²) < 4.78 is 13.9. The number of nitriles is 1. The van der Waals surface area contributed by atoms with Crippen molar-refractivity contribution in [2.75, 3.05) is 16.0 Å². The van der Waals surface area contributed by atoms with Gasteiger partial charge in [-0.05, 0) is 119 Å². The van der Waals surface area contributed by atoms with Crippen molar-refractivity contribution in [3.05, 3.63) is 99.1 Å². The zero-order valence-corrected chi connectivity index (χ0v) is 33.2. The lowest BCUT2D eigenvalue weighted by Gasteiger charge is -2.31. The molecule has 0 saturated carbocycles. The summed E-state index contributed by atoms with van der Waals surface area (Å²) in [6.07, 6.45) is 3.15. The van der Waals surface area contributed by atoms with Crippen LogP contribution in [0.15, 0.2) is 78.9 Å². The van der Waals surface area contributed by atoms with E-state index in [0.717, 1.165) is 34.8 Å². The molecule has 0 aromatic heterocycles. The van der Waals surface area contributed by atoms with Gasteiger partial charge in [0.25, 0.3) is 5.91 Å². The van der Waals surface area contributed by atoms with Crippen molar-refractivity contribution in [2.45, 2.75) is 97.5 Å². The zero-order chi connectivity index (χ0) is 38.1. The number of amides is 3. The van der Waals surface area contributed by atoms with Crippen molar-refractivity contribution in [2.24, 2.45) is 0 Å². The van der Waals surface area contributed by atoms with Gasteiger partial charge in [-0.2, -0.15) is 5.26 Å². The number of unbranched alkanes of at least 4 members (excludes halogenated alkanes) is 1. The number of urea groups is 1. The maximum atomic E-state index is 14.1. The molecule has 0 saturated heterocycles. The molecule has 1 unspecified atom stereocenters. The van der Waals surface area contributed by atoms with Gasteiger partial charge >= 0.3 is 6.03 Å². The van der Waals surface area contributed by atoms with Crippen LogP contribution in [0.2, 0.25) is 0 Å². The normalized spacial score (nSPS) is 12.0. The van der Waals surface area contributed by atoms with Gasteiger partial charge in [-0.15, -0.1) is 0 Å². The number of rotatable bonds is 15. The molecule has 52 heavy (non-hydrogen) atoms. The van der Waals surface area contributed by atoms with Gasteiger partial charge in [-0.3, -0.25) is 4.79 Å². The van der Waals surface area contributed by atoms with Gasteiger partial charge in [0.05, 0.1) is 23.0 Å². The second-order valence-corrected chi connectivity index (χ2v) is 15.4. The Hall–Kier alpha value is -4.76. The predicted octanol–water partition coefficient (Wildman–Crippen LogP) is 11.3.